The lowest BCUT2D eigenvalue weighted by atomic mass is 9.58. The van der Waals surface area contributed by atoms with Crippen LogP contribution in [0.4, 0.5) is 0 Å². The van der Waals surface area contributed by atoms with Gasteiger partial charge in [-0.3, -0.25) is 4.79 Å². The minimum absolute atomic E-state index is 0.0253. The van der Waals surface area contributed by atoms with E-state index in [1.54, 1.807) is 0 Å². The van der Waals surface area contributed by atoms with Crippen molar-refractivity contribution in [2.45, 2.75) is 94.5 Å². The van der Waals surface area contributed by atoms with E-state index < -0.39 is 7.12 Å². The van der Waals surface area contributed by atoms with Crippen LogP contribution >= 0.6 is 11.8 Å². The van der Waals surface area contributed by atoms with E-state index in [9.17, 15) is 14.8 Å². The van der Waals surface area contributed by atoms with Gasteiger partial charge in [-0.1, -0.05) is 32.1 Å². The van der Waals surface area contributed by atoms with Crippen molar-refractivity contribution in [3.8, 4) is 0 Å². The van der Waals surface area contributed by atoms with Crippen molar-refractivity contribution >= 4 is 24.8 Å². The third-order valence-corrected chi connectivity index (χ3v) is 12.2. The number of amides is 1. The van der Waals surface area contributed by atoms with E-state index in [0.717, 1.165) is 69.5 Å². The summed E-state index contributed by atoms with van der Waals surface area (Å²) in [6, 6.07) is 0. The van der Waals surface area contributed by atoms with E-state index >= 15 is 0 Å². The van der Waals surface area contributed by atoms with Crippen LogP contribution in [0, 0.1) is 41.4 Å². The molecule has 1 amide bonds. The predicted molar refractivity (Wildman–Crippen MR) is 140 cm³/mol. The molecule has 0 spiro atoms. The first-order valence-corrected chi connectivity index (χ1v) is 15.5. The van der Waals surface area contributed by atoms with Gasteiger partial charge in [-0.15, -0.1) is 0 Å². The van der Waals surface area contributed by atoms with Gasteiger partial charge in [0.1, 0.15) is 0 Å². The van der Waals surface area contributed by atoms with Crippen LogP contribution in [0.5, 0.6) is 0 Å². The van der Waals surface area contributed by atoms with Crippen molar-refractivity contribution in [1.29, 1.82) is 0 Å². The Hall–Kier alpha value is -0.235. The Morgan fingerprint density at radius 2 is 1.62 bits per heavy atom. The van der Waals surface area contributed by atoms with Gasteiger partial charge in [0.2, 0.25) is 5.91 Å². The second-order valence-corrected chi connectivity index (χ2v) is 13.8. The molecule has 2 aliphatic heterocycles. The number of carbonyl (C=O) groups excluding carboxylic acids is 1. The second-order valence-electron chi connectivity index (χ2n) is 12.5. The van der Waals surface area contributed by atoms with Gasteiger partial charge >= 0.3 is 7.12 Å². The molecule has 5 nitrogen and oxygen atoms in total. The minimum atomic E-state index is -1.18. The topological polar surface area (TPSA) is 86.8 Å². The zero-order valence-electron chi connectivity index (χ0n) is 21.0. The Morgan fingerprint density at radius 3 is 2.38 bits per heavy atom. The van der Waals surface area contributed by atoms with Crippen LogP contribution in [-0.4, -0.2) is 58.6 Å². The smallest absolute Gasteiger partial charge is 0.427 e. The van der Waals surface area contributed by atoms with Crippen molar-refractivity contribution in [1.82, 2.24) is 4.90 Å². The molecule has 5 aliphatic rings. The molecule has 2 heterocycles. The van der Waals surface area contributed by atoms with E-state index in [0.29, 0.717) is 28.9 Å². The average Bonchev–Trinajstić information content (AvgIpc) is 3.37. The molecule has 8 atom stereocenters. The molecule has 4 N–H and O–H groups in total. The molecule has 5 rings (SSSR count). The number of hydrogen-bond acceptors (Lipinski definition) is 5. The van der Waals surface area contributed by atoms with E-state index in [-0.39, 0.29) is 11.7 Å². The first-order chi connectivity index (χ1) is 16.5. The van der Waals surface area contributed by atoms with Crippen molar-refractivity contribution in [3.05, 3.63) is 0 Å². The quantitative estimate of drug-likeness (QED) is 0.504. The molecular formula is C27H47BN2O3S. The standard InChI is InChI=1S/C27H47BN2O3S/c29-17-18-3-1-4-20(13-18)19-7-10-30(11-8-19)27(31)23-14-22-9-12-34-26(22)25(16-23)21-5-2-6-24(15-21)28(32)33/h18-26,32-33H,1-17,29H2. The summed E-state index contributed by atoms with van der Waals surface area (Å²) in [6.07, 6.45) is 15.3. The lowest BCUT2D eigenvalue weighted by Crippen LogP contribution is -2.47. The number of carbonyl (C=O) groups is 1. The van der Waals surface area contributed by atoms with Gasteiger partial charge in [-0.2, -0.15) is 11.8 Å². The molecule has 192 valence electrons. The molecule has 2 saturated heterocycles. The summed E-state index contributed by atoms with van der Waals surface area (Å²) < 4.78 is 0. The number of nitrogens with two attached hydrogens (primary N) is 1. The predicted octanol–water partition coefficient (Wildman–Crippen LogP) is 4.17. The van der Waals surface area contributed by atoms with Gasteiger partial charge in [-0.25, -0.2) is 0 Å². The number of fused-ring (bicyclic) bond motifs is 1. The zero-order chi connectivity index (χ0) is 23.7. The van der Waals surface area contributed by atoms with Crippen molar-refractivity contribution < 1.29 is 14.8 Å². The molecule has 0 bridgehead atoms. The van der Waals surface area contributed by atoms with Crippen LogP contribution in [0.2, 0.25) is 5.82 Å². The minimum Gasteiger partial charge on any atom is -0.427 e. The fraction of sp³-hybridized carbons (Fsp3) is 0.963. The summed E-state index contributed by atoms with van der Waals surface area (Å²) >= 11 is 2.15. The van der Waals surface area contributed by atoms with E-state index in [1.165, 1.54) is 57.1 Å². The summed E-state index contributed by atoms with van der Waals surface area (Å²) in [4.78, 5) is 16.0. The van der Waals surface area contributed by atoms with Gasteiger partial charge in [0, 0.05) is 24.3 Å². The van der Waals surface area contributed by atoms with Crippen molar-refractivity contribution in [2.75, 3.05) is 25.4 Å². The van der Waals surface area contributed by atoms with Crippen LogP contribution in [0.3, 0.4) is 0 Å². The Labute approximate surface area is 211 Å². The van der Waals surface area contributed by atoms with Gasteiger partial charge in [0.05, 0.1) is 0 Å². The fourth-order valence-corrected chi connectivity index (χ4v) is 10.5. The van der Waals surface area contributed by atoms with Crippen LogP contribution in [-0.2, 0) is 4.79 Å². The normalized spacial score (nSPS) is 41.8. The molecule has 0 radical (unpaired) electrons. The first kappa shape index (κ1) is 25.4. The Morgan fingerprint density at radius 1 is 0.853 bits per heavy atom. The van der Waals surface area contributed by atoms with Crippen LogP contribution in [0.1, 0.15) is 83.5 Å². The van der Waals surface area contributed by atoms with E-state index in [4.69, 9.17) is 5.73 Å². The summed E-state index contributed by atoms with van der Waals surface area (Å²) in [7, 11) is -1.18. The number of rotatable bonds is 5. The highest BCUT2D eigenvalue weighted by atomic mass is 32.2. The van der Waals surface area contributed by atoms with Crippen LogP contribution < -0.4 is 5.73 Å². The Kier molecular flexibility index (Phi) is 8.55. The second kappa shape index (κ2) is 11.4. The number of nitrogens with zero attached hydrogens (tertiary/aromatic N) is 1. The number of thioether (sulfide) groups is 1. The Balaban J connectivity index is 1.19. The molecule has 7 heteroatoms. The van der Waals surface area contributed by atoms with Crippen LogP contribution in [0.15, 0.2) is 0 Å². The highest BCUT2D eigenvalue weighted by Crippen LogP contribution is 2.53. The summed E-state index contributed by atoms with van der Waals surface area (Å²) in [5, 5.41) is 20.3. The molecule has 8 unspecified atom stereocenters. The van der Waals surface area contributed by atoms with Gasteiger partial charge in [0.15, 0.2) is 0 Å². The molecule has 3 aliphatic carbocycles. The summed E-state index contributed by atoms with van der Waals surface area (Å²) in [6.45, 7) is 2.76. The highest BCUT2D eigenvalue weighted by molar-refractivity contribution is 8.00. The maximum absolute atomic E-state index is 13.7. The van der Waals surface area contributed by atoms with Crippen molar-refractivity contribution in [3.63, 3.8) is 0 Å². The van der Waals surface area contributed by atoms with E-state index in [1.807, 2.05) is 0 Å². The molecule has 34 heavy (non-hydrogen) atoms. The SMILES string of the molecule is NCC1CCCC(C2CCN(C(=O)C3CC4CCSC4C(C4CCCC(B(O)O)C4)C3)CC2)C1. The fourth-order valence-electron chi connectivity index (χ4n) is 8.72. The summed E-state index contributed by atoms with van der Waals surface area (Å²) in [5.74, 6) is 6.06. The zero-order valence-corrected chi connectivity index (χ0v) is 21.8. The maximum Gasteiger partial charge on any atom is 0.454 e. The maximum atomic E-state index is 13.7. The third kappa shape index (κ3) is 5.53. The third-order valence-electron chi connectivity index (χ3n) is 10.6. The molecule has 0 aromatic rings. The number of likely N-dealkylation sites (tertiary alicyclic amines) is 1. The van der Waals surface area contributed by atoms with Crippen LogP contribution in [0.25, 0.3) is 0 Å². The molecule has 5 fully saturated rings. The van der Waals surface area contributed by atoms with E-state index in [2.05, 4.69) is 16.7 Å². The largest absolute Gasteiger partial charge is 0.454 e. The number of hydrogen-bond donors (Lipinski definition) is 3. The molecule has 0 aromatic carbocycles. The van der Waals surface area contributed by atoms with Gasteiger partial charge in [0.25, 0.3) is 0 Å². The number of piperidine rings is 1. The summed E-state index contributed by atoms with van der Waals surface area (Å²) in [5.41, 5.74) is 5.98. The monoisotopic (exact) mass is 490 g/mol. The highest BCUT2D eigenvalue weighted by Gasteiger charge is 2.48. The Bertz CT molecular complexity index is 689. The molecule has 0 aromatic heterocycles. The lowest BCUT2D eigenvalue weighted by molar-refractivity contribution is -0.139. The first-order valence-electron chi connectivity index (χ1n) is 14.5. The average molecular weight is 491 g/mol. The van der Waals surface area contributed by atoms with Gasteiger partial charge in [-0.05, 0) is 105 Å². The molecular weight excluding hydrogens is 443 g/mol. The van der Waals surface area contributed by atoms with Gasteiger partial charge < -0.3 is 20.7 Å². The van der Waals surface area contributed by atoms with Crippen molar-refractivity contribution in [2.24, 2.45) is 47.2 Å². The molecule has 3 saturated carbocycles. The lowest BCUT2D eigenvalue weighted by Gasteiger charge is -2.46.